The van der Waals surface area contributed by atoms with Crippen molar-refractivity contribution in [1.82, 2.24) is 4.31 Å². The average Bonchev–Trinajstić information content (AvgIpc) is 2.84. The maximum absolute atomic E-state index is 13.9. The molecule has 3 aromatic rings. The Bertz CT molecular complexity index is 1380. The van der Waals surface area contributed by atoms with Crippen LogP contribution in [-0.2, 0) is 14.8 Å². The number of carbonyl (C=O) groups is 1. The first kappa shape index (κ1) is 29.3. The third-order valence-electron chi connectivity index (χ3n) is 5.68. The van der Waals surface area contributed by atoms with E-state index < -0.39 is 44.8 Å². The van der Waals surface area contributed by atoms with Gasteiger partial charge in [0.25, 0.3) is 15.9 Å². The van der Waals surface area contributed by atoms with Gasteiger partial charge >= 0.3 is 5.51 Å². The van der Waals surface area contributed by atoms with Crippen molar-refractivity contribution < 1.29 is 31.1 Å². The third kappa shape index (κ3) is 7.20. The summed E-state index contributed by atoms with van der Waals surface area (Å²) in [6.07, 6.45) is 0. The summed E-state index contributed by atoms with van der Waals surface area (Å²) in [4.78, 5) is 13.7. The van der Waals surface area contributed by atoms with Gasteiger partial charge in [0.1, 0.15) is 12.4 Å². The molecule has 0 spiro atoms. The highest BCUT2D eigenvalue weighted by molar-refractivity contribution is 8.03. The summed E-state index contributed by atoms with van der Waals surface area (Å²) in [6, 6.07) is 18.0. The molecule has 10 heteroatoms. The van der Waals surface area contributed by atoms with E-state index in [0.29, 0.717) is 15.5 Å². The van der Waals surface area contributed by atoms with Crippen LogP contribution in [0, 0.1) is 20.8 Å². The Morgan fingerprint density at radius 1 is 0.947 bits per heavy atom. The Labute approximate surface area is 225 Å². The predicted molar refractivity (Wildman–Crippen MR) is 144 cm³/mol. The number of rotatable bonds is 9. The predicted octanol–water partition coefficient (Wildman–Crippen LogP) is 6.89. The average molecular weight is 564 g/mol. The first-order valence-electron chi connectivity index (χ1n) is 11.7. The molecule has 0 saturated heterocycles. The van der Waals surface area contributed by atoms with Crippen LogP contribution < -0.4 is 4.74 Å². The van der Waals surface area contributed by atoms with Gasteiger partial charge in [-0.2, -0.15) is 13.2 Å². The molecule has 1 amide bonds. The Morgan fingerprint density at radius 3 is 2.08 bits per heavy atom. The van der Waals surface area contributed by atoms with Crippen molar-refractivity contribution in [3.8, 4) is 5.75 Å². The molecule has 3 aromatic carbocycles. The number of alkyl halides is 3. The zero-order valence-corrected chi connectivity index (χ0v) is 23.0. The van der Waals surface area contributed by atoms with Gasteiger partial charge in [-0.3, -0.25) is 4.79 Å². The van der Waals surface area contributed by atoms with Crippen LogP contribution in [0.15, 0.2) is 83.1 Å². The summed E-state index contributed by atoms with van der Waals surface area (Å²) in [6.45, 7) is 6.73. The fourth-order valence-electron chi connectivity index (χ4n) is 3.77. The van der Waals surface area contributed by atoms with Gasteiger partial charge in [-0.05, 0) is 73.7 Å². The van der Waals surface area contributed by atoms with Crippen LogP contribution >= 0.6 is 11.8 Å². The minimum absolute atomic E-state index is 0.154. The number of ether oxygens (including phenoxy) is 1. The summed E-state index contributed by atoms with van der Waals surface area (Å²) in [5.41, 5.74) is -2.47. The summed E-state index contributed by atoms with van der Waals surface area (Å²) in [7, 11) is -4.48. The van der Waals surface area contributed by atoms with E-state index in [2.05, 4.69) is 0 Å². The van der Waals surface area contributed by atoms with Gasteiger partial charge in [-0.15, -0.1) is 0 Å². The number of para-hydroxylation sites is 1. The number of hydrogen-bond acceptors (Lipinski definition) is 5. The van der Waals surface area contributed by atoms with Crippen molar-refractivity contribution in [1.29, 1.82) is 0 Å². The highest BCUT2D eigenvalue weighted by Gasteiger charge is 2.37. The minimum Gasteiger partial charge on any atom is -0.491 e. The topological polar surface area (TPSA) is 63.7 Å². The van der Waals surface area contributed by atoms with Crippen LogP contribution in [0.1, 0.15) is 29.2 Å². The molecule has 0 bridgehead atoms. The van der Waals surface area contributed by atoms with E-state index in [1.54, 1.807) is 37.3 Å². The molecule has 0 aliphatic carbocycles. The number of aryl methyl sites for hydroxylation is 3. The van der Waals surface area contributed by atoms with Gasteiger partial charge in [-0.1, -0.05) is 66.2 Å². The van der Waals surface area contributed by atoms with Crippen molar-refractivity contribution >= 4 is 33.3 Å². The largest absolute Gasteiger partial charge is 0.491 e. The summed E-state index contributed by atoms with van der Waals surface area (Å²) >= 11 is -0.519. The Balaban J connectivity index is 2.09. The molecular formula is C28H28F3NO4S2. The van der Waals surface area contributed by atoms with Crippen molar-refractivity contribution in [2.24, 2.45) is 0 Å². The van der Waals surface area contributed by atoms with Crippen LogP contribution in [0.4, 0.5) is 13.2 Å². The van der Waals surface area contributed by atoms with Gasteiger partial charge < -0.3 is 4.74 Å². The maximum atomic E-state index is 13.9. The van der Waals surface area contributed by atoms with Crippen molar-refractivity contribution in [2.45, 2.75) is 44.1 Å². The molecule has 38 heavy (non-hydrogen) atoms. The van der Waals surface area contributed by atoms with Crippen LogP contribution in [0.2, 0.25) is 0 Å². The molecular weight excluding hydrogens is 535 g/mol. The van der Waals surface area contributed by atoms with Crippen molar-refractivity contribution in [3.63, 3.8) is 0 Å². The highest BCUT2D eigenvalue weighted by atomic mass is 32.2. The molecule has 0 aliphatic heterocycles. The fraction of sp³-hybridized carbons (Fsp3) is 0.250. The summed E-state index contributed by atoms with van der Waals surface area (Å²) in [5, 5.41) is 0.647. The number of hydrogen-bond donors (Lipinski definition) is 0. The molecule has 1 unspecified atom stereocenters. The monoisotopic (exact) mass is 563 g/mol. The number of amides is 1. The maximum Gasteiger partial charge on any atom is 0.445 e. The van der Waals surface area contributed by atoms with Crippen LogP contribution in [0.25, 0.3) is 5.57 Å². The summed E-state index contributed by atoms with van der Waals surface area (Å²) < 4.78 is 73.6. The lowest BCUT2D eigenvalue weighted by Crippen LogP contribution is -2.46. The molecule has 0 aliphatic rings. The second kappa shape index (κ2) is 12.1. The van der Waals surface area contributed by atoms with E-state index in [-0.39, 0.29) is 17.1 Å². The molecule has 0 heterocycles. The second-order valence-electron chi connectivity index (χ2n) is 8.76. The molecule has 0 aromatic heterocycles. The van der Waals surface area contributed by atoms with Crippen LogP contribution in [0.3, 0.4) is 0 Å². The number of nitrogens with zero attached hydrogens (tertiary/aromatic N) is 1. The van der Waals surface area contributed by atoms with E-state index in [1.165, 1.54) is 31.2 Å². The number of thioether (sulfide) groups is 1. The minimum atomic E-state index is -4.67. The fourth-order valence-corrected chi connectivity index (χ4v) is 5.82. The highest BCUT2D eigenvalue weighted by Crippen LogP contribution is 2.35. The molecule has 0 saturated carbocycles. The first-order chi connectivity index (χ1) is 17.8. The van der Waals surface area contributed by atoms with E-state index in [9.17, 15) is 26.4 Å². The molecule has 0 fully saturated rings. The molecule has 5 nitrogen and oxygen atoms in total. The van der Waals surface area contributed by atoms with Crippen LogP contribution in [0.5, 0.6) is 5.75 Å². The van der Waals surface area contributed by atoms with Crippen LogP contribution in [-0.4, -0.2) is 36.8 Å². The normalized spacial score (nSPS) is 13.2. The number of sulfonamides is 1. The van der Waals surface area contributed by atoms with Gasteiger partial charge in [0.05, 0.1) is 16.5 Å². The van der Waals surface area contributed by atoms with E-state index in [4.69, 9.17) is 4.74 Å². The zero-order valence-electron chi connectivity index (χ0n) is 21.3. The van der Waals surface area contributed by atoms with E-state index in [0.717, 1.165) is 16.7 Å². The van der Waals surface area contributed by atoms with E-state index >= 15 is 0 Å². The molecule has 202 valence electrons. The molecule has 3 rings (SSSR count). The Morgan fingerprint density at radius 2 is 1.53 bits per heavy atom. The van der Waals surface area contributed by atoms with E-state index in [1.807, 2.05) is 32.0 Å². The molecule has 0 radical (unpaired) electrons. The molecule has 0 N–H and O–H groups in total. The Kier molecular flexibility index (Phi) is 9.32. The summed E-state index contributed by atoms with van der Waals surface area (Å²) in [5.74, 6) is -0.544. The number of benzene rings is 3. The number of halogens is 3. The first-order valence-corrected chi connectivity index (χ1v) is 14.0. The Hall–Kier alpha value is -3.24. The van der Waals surface area contributed by atoms with Crippen molar-refractivity contribution in [3.05, 3.63) is 100 Å². The van der Waals surface area contributed by atoms with Gasteiger partial charge in [0.2, 0.25) is 0 Å². The lowest BCUT2D eigenvalue weighted by Gasteiger charge is -2.30. The van der Waals surface area contributed by atoms with Crippen molar-refractivity contribution in [2.75, 3.05) is 6.61 Å². The third-order valence-corrected chi connectivity index (χ3v) is 8.21. The SMILES string of the molecule is Cc1ccc(S(=O)(=O)N(C(=O)C(=CSC(F)(F)F)c2ccccc2)C(C)COc2c(C)cccc2C)cc1. The standard InChI is InChI=1S/C28H28F3NO4S2/c1-19-13-15-24(16-14-19)38(34,35)32(22(4)17-36-26-20(2)9-8-10-21(26)3)27(33)25(18-37-28(29,30)31)23-11-6-5-7-12-23/h5-16,18,22H,17H2,1-4H3. The lowest BCUT2D eigenvalue weighted by atomic mass is 10.1. The smallest absolute Gasteiger partial charge is 0.445 e. The van der Waals surface area contributed by atoms with Gasteiger partial charge in [0, 0.05) is 0 Å². The quantitative estimate of drug-likeness (QED) is 0.265. The van der Waals surface area contributed by atoms with Gasteiger partial charge in [0.15, 0.2) is 0 Å². The zero-order chi connectivity index (χ0) is 28.1. The second-order valence-corrected chi connectivity index (χ2v) is 11.5. The van der Waals surface area contributed by atoms with Gasteiger partial charge in [-0.25, -0.2) is 12.7 Å². The lowest BCUT2D eigenvalue weighted by molar-refractivity contribution is -0.122. The number of carbonyl (C=O) groups excluding carboxylic acids is 1. The molecule has 1 atom stereocenters.